The molecule has 0 aliphatic carbocycles. The van der Waals surface area contributed by atoms with Crippen LogP contribution in [0.1, 0.15) is 50.4 Å². The van der Waals surface area contributed by atoms with Gasteiger partial charge in [-0.1, -0.05) is 6.92 Å². The van der Waals surface area contributed by atoms with E-state index < -0.39 is 38.1 Å². The van der Waals surface area contributed by atoms with Gasteiger partial charge in [-0.3, -0.25) is 9.52 Å². The van der Waals surface area contributed by atoms with Crippen molar-refractivity contribution in [3.05, 3.63) is 72.3 Å². The minimum Gasteiger partial charge on any atom is -0.497 e. The lowest BCUT2D eigenvalue weighted by molar-refractivity contribution is -0.00833. The van der Waals surface area contributed by atoms with Gasteiger partial charge in [0.25, 0.3) is 15.9 Å². The average Bonchev–Trinajstić information content (AvgIpc) is 3.12. The molecule has 0 saturated heterocycles. The van der Waals surface area contributed by atoms with Crippen LogP contribution >= 0.6 is 0 Å². The van der Waals surface area contributed by atoms with Crippen molar-refractivity contribution < 1.29 is 45.7 Å². The molecule has 3 aromatic rings. The summed E-state index contributed by atoms with van der Waals surface area (Å²) in [5.74, 6) is 0.427. The highest BCUT2D eigenvalue weighted by Crippen LogP contribution is 2.30. The minimum absolute atomic E-state index is 0.00829. The van der Waals surface area contributed by atoms with Crippen LogP contribution in [-0.4, -0.2) is 103 Å². The van der Waals surface area contributed by atoms with Crippen molar-refractivity contribution in [3.63, 3.8) is 0 Å². The number of fused-ring (bicyclic) bond motifs is 1. The summed E-state index contributed by atoms with van der Waals surface area (Å²) in [6.45, 7) is 5.58. The molecule has 1 aliphatic heterocycles. The Kier molecular flexibility index (Phi) is 13.7. The molecule has 1 heterocycles. The molecule has 2 N–H and O–H groups in total. The van der Waals surface area contributed by atoms with Crippen LogP contribution in [0.25, 0.3) is 0 Å². The molecule has 1 aliphatic rings. The number of methoxy groups -OCH3 is 2. The predicted octanol–water partition coefficient (Wildman–Crippen LogP) is 4.62. The number of sulfonamides is 2. The fraction of sp³-hybridized carbons (Fsp3) is 0.472. The van der Waals surface area contributed by atoms with Gasteiger partial charge in [-0.2, -0.15) is 4.31 Å². The van der Waals surface area contributed by atoms with E-state index in [0.29, 0.717) is 30.9 Å². The van der Waals surface area contributed by atoms with Crippen molar-refractivity contribution >= 4 is 31.6 Å². The number of carbonyl (C=O) groups is 1. The second-order valence-corrected chi connectivity index (χ2v) is 16.5. The van der Waals surface area contributed by atoms with Crippen LogP contribution in [0, 0.1) is 5.92 Å². The van der Waals surface area contributed by atoms with Crippen LogP contribution in [0.3, 0.4) is 0 Å². The smallest absolute Gasteiger partial charge is 0.261 e. The van der Waals surface area contributed by atoms with E-state index in [1.807, 2.05) is 13.8 Å². The number of ether oxygens (including phenoxy) is 4. The quantitative estimate of drug-likeness (QED) is 0.283. The van der Waals surface area contributed by atoms with Crippen LogP contribution in [0.4, 0.5) is 5.69 Å². The molecular weight excluding hydrogens is 699 g/mol. The molecule has 0 saturated carbocycles. The van der Waals surface area contributed by atoms with Crippen LogP contribution in [0.15, 0.2) is 76.5 Å². The summed E-state index contributed by atoms with van der Waals surface area (Å²) < 4.78 is 80.3. The second kappa shape index (κ2) is 17.6. The largest absolute Gasteiger partial charge is 0.497 e. The fourth-order valence-corrected chi connectivity index (χ4v) is 7.93. The van der Waals surface area contributed by atoms with E-state index in [1.165, 1.54) is 79.0 Å². The topological polar surface area (TPSA) is 161 Å². The van der Waals surface area contributed by atoms with E-state index >= 15 is 0 Å². The first-order chi connectivity index (χ1) is 24.2. The lowest BCUT2D eigenvalue weighted by atomic mass is 10.0. The summed E-state index contributed by atoms with van der Waals surface area (Å²) in [4.78, 5) is 16.0. The van der Waals surface area contributed by atoms with Crippen molar-refractivity contribution in [2.75, 3.05) is 52.3 Å². The number of rotatable bonds is 11. The van der Waals surface area contributed by atoms with Gasteiger partial charge in [-0.25, -0.2) is 16.8 Å². The number of aliphatic hydroxyl groups is 1. The predicted molar refractivity (Wildman–Crippen MR) is 193 cm³/mol. The molecule has 51 heavy (non-hydrogen) atoms. The van der Waals surface area contributed by atoms with Crippen molar-refractivity contribution in [2.24, 2.45) is 5.92 Å². The minimum atomic E-state index is -4.03. The van der Waals surface area contributed by atoms with Gasteiger partial charge in [0.1, 0.15) is 17.2 Å². The molecule has 4 atom stereocenters. The van der Waals surface area contributed by atoms with Crippen molar-refractivity contribution in [1.82, 2.24) is 9.21 Å². The first-order valence-corrected chi connectivity index (χ1v) is 19.7. The summed E-state index contributed by atoms with van der Waals surface area (Å²) in [5.41, 5.74) is 0.254. The van der Waals surface area contributed by atoms with Crippen LogP contribution in [-0.2, 0) is 24.8 Å². The van der Waals surface area contributed by atoms with Crippen molar-refractivity contribution in [3.8, 4) is 17.2 Å². The van der Waals surface area contributed by atoms with Crippen LogP contribution < -0.4 is 18.9 Å². The standard InChI is InChI=1S/C36H49N3O10S2/c1-25-22-39(26(2)24-40)36(41)33-21-28(37-50(42,43)31-15-11-29(46-5)12-16-31)10-19-34(33)49-27(3)9-7-8-20-48-35(25)23-38(4)51(44,45)32-17-13-30(47-6)14-18-32/h10-19,21,25-27,35,37,40H,7-9,20,22-24H2,1-6H3/t25-,26+,27-,35+/m1/s1. The van der Waals surface area contributed by atoms with Crippen LogP contribution in [0.2, 0.25) is 0 Å². The molecule has 0 fully saturated rings. The molecule has 0 radical (unpaired) electrons. The summed E-state index contributed by atoms with van der Waals surface area (Å²) in [7, 11) is -3.43. The maximum atomic E-state index is 14.4. The fourth-order valence-electron chi connectivity index (χ4n) is 5.70. The molecule has 15 heteroatoms. The van der Waals surface area contributed by atoms with Gasteiger partial charge in [0.05, 0.1) is 54.4 Å². The maximum absolute atomic E-state index is 14.4. The van der Waals surface area contributed by atoms with Gasteiger partial charge >= 0.3 is 0 Å². The molecule has 0 unspecified atom stereocenters. The second-order valence-electron chi connectivity index (χ2n) is 12.8. The third kappa shape index (κ3) is 10.1. The summed E-state index contributed by atoms with van der Waals surface area (Å²) in [6.07, 6.45) is 1.19. The molecular formula is C36H49N3O10S2. The molecule has 3 aromatic carbocycles. The third-order valence-corrected chi connectivity index (χ3v) is 12.1. The van der Waals surface area contributed by atoms with Gasteiger partial charge in [-0.15, -0.1) is 0 Å². The van der Waals surface area contributed by atoms with Gasteiger partial charge < -0.3 is 29.0 Å². The Bertz CT molecular complexity index is 1820. The van der Waals surface area contributed by atoms with Crippen LogP contribution in [0.5, 0.6) is 17.2 Å². The zero-order valence-corrected chi connectivity index (χ0v) is 31.6. The number of nitrogens with one attached hydrogen (secondary N) is 1. The van der Waals surface area contributed by atoms with E-state index in [-0.39, 0.29) is 58.5 Å². The number of likely N-dealkylation sites (N-methyl/N-ethyl adjacent to an activating group) is 1. The maximum Gasteiger partial charge on any atom is 0.261 e. The third-order valence-electron chi connectivity index (χ3n) is 8.88. The Morgan fingerprint density at radius 2 is 1.55 bits per heavy atom. The van der Waals surface area contributed by atoms with Gasteiger partial charge in [0.15, 0.2) is 0 Å². The zero-order valence-electron chi connectivity index (χ0n) is 29.9. The highest BCUT2D eigenvalue weighted by atomic mass is 32.2. The summed E-state index contributed by atoms with van der Waals surface area (Å²) in [6, 6.07) is 15.9. The SMILES string of the molecule is COc1ccc(S(=O)(=O)Nc2ccc3c(c2)C(=O)N([C@@H](C)CO)C[C@@H](C)[C@H](CN(C)S(=O)(=O)c2ccc(OC)cc2)OCCCC[C@@H](C)O3)cc1. The van der Waals surface area contributed by atoms with Gasteiger partial charge in [-0.05, 0) is 99.8 Å². The van der Waals surface area contributed by atoms with E-state index in [2.05, 4.69) is 4.72 Å². The normalized spacial score (nSPS) is 20.1. The summed E-state index contributed by atoms with van der Waals surface area (Å²) >= 11 is 0. The Morgan fingerprint density at radius 1 is 0.941 bits per heavy atom. The number of aliphatic hydroxyl groups excluding tert-OH is 1. The first kappa shape index (κ1) is 39.9. The number of carbonyl (C=O) groups excluding carboxylic acids is 1. The average molecular weight is 748 g/mol. The van der Waals surface area contributed by atoms with E-state index in [9.17, 15) is 26.7 Å². The molecule has 13 nitrogen and oxygen atoms in total. The molecule has 1 amide bonds. The lowest BCUT2D eigenvalue weighted by Crippen LogP contribution is -2.48. The number of anilines is 1. The van der Waals surface area contributed by atoms with E-state index in [4.69, 9.17) is 18.9 Å². The highest BCUT2D eigenvalue weighted by Gasteiger charge is 2.32. The Balaban J connectivity index is 1.66. The monoisotopic (exact) mass is 747 g/mol. The molecule has 4 rings (SSSR count). The number of hydrogen-bond donors (Lipinski definition) is 2. The van der Waals surface area contributed by atoms with Crippen molar-refractivity contribution in [1.29, 1.82) is 0 Å². The van der Waals surface area contributed by atoms with Gasteiger partial charge in [0, 0.05) is 38.3 Å². The van der Waals surface area contributed by atoms with Gasteiger partial charge in [0.2, 0.25) is 10.0 Å². The Hall–Kier alpha value is -3.89. The number of hydrogen-bond acceptors (Lipinski definition) is 10. The molecule has 0 spiro atoms. The first-order valence-electron chi connectivity index (χ1n) is 16.8. The van der Waals surface area contributed by atoms with Crippen molar-refractivity contribution in [2.45, 2.75) is 68.1 Å². The Morgan fingerprint density at radius 3 is 2.14 bits per heavy atom. The molecule has 0 aromatic heterocycles. The molecule has 0 bridgehead atoms. The number of nitrogens with zero attached hydrogens (tertiary/aromatic N) is 2. The lowest BCUT2D eigenvalue weighted by Gasteiger charge is -2.35. The van der Waals surface area contributed by atoms with E-state index in [1.54, 1.807) is 25.1 Å². The highest BCUT2D eigenvalue weighted by molar-refractivity contribution is 7.92. The number of amides is 1. The molecule has 280 valence electrons. The zero-order chi connectivity index (χ0) is 37.3. The Labute approximate surface area is 301 Å². The number of benzene rings is 3. The van der Waals surface area contributed by atoms with E-state index in [0.717, 1.165) is 6.42 Å². The summed E-state index contributed by atoms with van der Waals surface area (Å²) in [5, 5.41) is 10.3.